The highest BCUT2D eigenvalue weighted by molar-refractivity contribution is 5.84. The highest BCUT2D eigenvalue weighted by atomic mass is 16.5. The molecule has 1 unspecified atom stereocenters. The maximum absolute atomic E-state index is 12.5. The lowest BCUT2D eigenvalue weighted by Gasteiger charge is -2.26. The quantitative estimate of drug-likeness (QED) is 0.377. The molecule has 3 aromatic rings. The molecular weight excluding hydrogens is 408 g/mol. The molecule has 4 nitrogen and oxygen atoms in total. The second-order valence-electron chi connectivity index (χ2n) is 9.35. The van der Waals surface area contributed by atoms with Gasteiger partial charge in [-0.3, -0.25) is 9.69 Å². The van der Waals surface area contributed by atoms with E-state index in [1.165, 1.54) is 34.7 Å². The van der Waals surface area contributed by atoms with Crippen molar-refractivity contribution in [2.45, 2.75) is 51.1 Å². The van der Waals surface area contributed by atoms with Gasteiger partial charge in [0.25, 0.3) is 0 Å². The summed E-state index contributed by atoms with van der Waals surface area (Å²) < 4.78 is 6.02. The van der Waals surface area contributed by atoms with Gasteiger partial charge in [-0.25, -0.2) is 0 Å². The molecule has 1 heterocycles. The molecule has 0 N–H and O–H groups in total. The summed E-state index contributed by atoms with van der Waals surface area (Å²) in [6.07, 6.45) is 6.64. The van der Waals surface area contributed by atoms with Crippen molar-refractivity contribution in [2.75, 3.05) is 27.2 Å². The molecule has 1 aliphatic heterocycles. The van der Waals surface area contributed by atoms with Crippen molar-refractivity contribution in [1.82, 2.24) is 9.80 Å². The summed E-state index contributed by atoms with van der Waals surface area (Å²) in [5, 5.41) is 2.42. The molecule has 4 heteroatoms. The van der Waals surface area contributed by atoms with E-state index in [0.29, 0.717) is 0 Å². The number of unbranched alkanes of at least 4 members (excludes halogenated alkanes) is 2. The van der Waals surface area contributed by atoms with Crippen LogP contribution in [0.4, 0.5) is 0 Å². The van der Waals surface area contributed by atoms with E-state index >= 15 is 0 Å². The Morgan fingerprint density at radius 2 is 1.73 bits per heavy atom. The van der Waals surface area contributed by atoms with Crippen LogP contribution in [0.5, 0.6) is 5.75 Å². The van der Waals surface area contributed by atoms with E-state index in [4.69, 9.17) is 4.74 Å². The number of amides is 1. The first-order chi connectivity index (χ1) is 16.1. The first kappa shape index (κ1) is 23.3. The number of hydrogen-bond donors (Lipinski definition) is 0. The zero-order chi connectivity index (χ0) is 23.0. The fraction of sp³-hybridized carbons (Fsp3) is 0.414. The largest absolute Gasteiger partial charge is 0.494 e. The maximum Gasteiger partial charge on any atom is 0.239 e. The summed E-state index contributed by atoms with van der Waals surface area (Å²) in [7, 11) is 3.69. The molecule has 33 heavy (non-hydrogen) atoms. The van der Waals surface area contributed by atoms with Crippen molar-refractivity contribution in [3.8, 4) is 5.75 Å². The van der Waals surface area contributed by atoms with Gasteiger partial charge in [0, 0.05) is 20.6 Å². The van der Waals surface area contributed by atoms with Gasteiger partial charge in [0.1, 0.15) is 5.75 Å². The van der Waals surface area contributed by atoms with Gasteiger partial charge in [0.05, 0.1) is 12.6 Å². The minimum atomic E-state index is 0.0131. The van der Waals surface area contributed by atoms with Crippen molar-refractivity contribution in [3.63, 3.8) is 0 Å². The van der Waals surface area contributed by atoms with E-state index in [0.717, 1.165) is 51.1 Å². The smallest absolute Gasteiger partial charge is 0.239 e. The summed E-state index contributed by atoms with van der Waals surface area (Å²) in [6.45, 7) is 2.57. The molecule has 0 spiro atoms. The Bertz CT molecular complexity index is 1050. The summed E-state index contributed by atoms with van der Waals surface area (Å²) >= 11 is 0. The van der Waals surface area contributed by atoms with Gasteiger partial charge < -0.3 is 9.64 Å². The number of likely N-dealkylation sites (N-methyl/N-ethyl adjacent to an activating group) is 1. The number of likely N-dealkylation sites (tertiary alicyclic amines) is 1. The highest BCUT2D eigenvalue weighted by Crippen LogP contribution is 2.26. The molecular formula is C29H36N2O2. The maximum atomic E-state index is 12.5. The van der Waals surface area contributed by atoms with E-state index in [2.05, 4.69) is 71.6 Å². The van der Waals surface area contributed by atoms with Crippen LogP contribution in [0.15, 0.2) is 66.7 Å². The van der Waals surface area contributed by atoms with Gasteiger partial charge in [-0.2, -0.15) is 0 Å². The van der Waals surface area contributed by atoms with Gasteiger partial charge in [-0.15, -0.1) is 0 Å². The first-order valence-electron chi connectivity index (χ1n) is 12.2. The lowest BCUT2D eigenvalue weighted by Crippen LogP contribution is -2.42. The van der Waals surface area contributed by atoms with Crippen molar-refractivity contribution >= 4 is 16.7 Å². The molecule has 4 rings (SSSR count). The monoisotopic (exact) mass is 444 g/mol. The molecule has 0 radical (unpaired) electrons. The second kappa shape index (κ2) is 11.3. The van der Waals surface area contributed by atoms with Gasteiger partial charge in [-0.05, 0) is 85.2 Å². The number of hydrogen-bond acceptors (Lipinski definition) is 3. The predicted molar refractivity (Wildman–Crippen MR) is 136 cm³/mol. The number of nitrogens with zero attached hydrogens (tertiary/aromatic N) is 2. The molecule has 1 saturated heterocycles. The van der Waals surface area contributed by atoms with E-state index < -0.39 is 0 Å². The summed E-state index contributed by atoms with van der Waals surface area (Å²) in [6, 6.07) is 23.7. The average Bonchev–Trinajstić information content (AvgIpc) is 3.29. The topological polar surface area (TPSA) is 32.8 Å². The molecule has 0 aliphatic carbocycles. The number of benzene rings is 3. The van der Waals surface area contributed by atoms with Gasteiger partial charge in [0.2, 0.25) is 5.91 Å². The van der Waals surface area contributed by atoms with E-state index in [1.807, 2.05) is 14.1 Å². The second-order valence-corrected chi connectivity index (χ2v) is 9.35. The van der Waals surface area contributed by atoms with Crippen molar-refractivity contribution in [1.29, 1.82) is 0 Å². The SMILES string of the molecule is CN(C)C(=O)C1CCCN1Cc1ccc2cc(OCCCCCc3ccccc3)ccc2c1. The van der Waals surface area contributed by atoms with Gasteiger partial charge in [0.15, 0.2) is 0 Å². The Hall–Kier alpha value is -2.85. The molecule has 1 fully saturated rings. The number of ether oxygens (including phenoxy) is 1. The van der Waals surface area contributed by atoms with Crippen LogP contribution in [0.3, 0.4) is 0 Å². The normalized spacial score (nSPS) is 16.2. The fourth-order valence-corrected chi connectivity index (χ4v) is 4.73. The van der Waals surface area contributed by atoms with Crippen molar-refractivity contribution in [2.24, 2.45) is 0 Å². The molecule has 174 valence electrons. The molecule has 1 aliphatic rings. The Kier molecular flexibility index (Phi) is 8.01. The standard InChI is InChI=1S/C29H36N2O2/c1-30(2)29(32)28-13-9-18-31(28)22-24-14-15-26-21-27(17-16-25(26)20-24)33-19-8-4-7-12-23-10-5-3-6-11-23/h3,5-6,10-11,14-17,20-21,28H,4,7-9,12-13,18-19,22H2,1-2H3. The molecule has 1 amide bonds. The lowest BCUT2D eigenvalue weighted by molar-refractivity contribution is -0.133. The molecule has 1 atom stereocenters. The summed E-state index contributed by atoms with van der Waals surface area (Å²) in [4.78, 5) is 16.5. The minimum absolute atomic E-state index is 0.0131. The lowest BCUT2D eigenvalue weighted by atomic mass is 10.1. The zero-order valence-corrected chi connectivity index (χ0v) is 20.0. The van der Waals surface area contributed by atoms with E-state index in [1.54, 1.807) is 4.90 Å². The molecule has 3 aromatic carbocycles. The third-order valence-electron chi connectivity index (χ3n) is 6.57. The molecule has 0 bridgehead atoms. The van der Waals surface area contributed by atoms with Gasteiger partial charge in [-0.1, -0.05) is 48.5 Å². The summed E-state index contributed by atoms with van der Waals surface area (Å²) in [5.74, 6) is 1.16. The zero-order valence-electron chi connectivity index (χ0n) is 20.0. The van der Waals surface area contributed by atoms with Crippen LogP contribution < -0.4 is 4.74 Å². The number of rotatable bonds is 10. The third-order valence-corrected chi connectivity index (χ3v) is 6.57. The number of carbonyl (C=O) groups excluding carboxylic acids is 1. The van der Waals surface area contributed by atoms with E-state index in [9.17, 15) is 4.79 Å². The molecule has 0 saturated carbocycles. The van der Waals surface area contributed by atoms with Crippen molar-refractivity contribution in [3.05, 3.63) is 77.9 Å². The Balaban J connectivity index is 1.26. The Labute approximate surface area is 198 Å². The molecule has 0 aromatic heterocycles. The van der Waals surface area contributed by atoms with Crippen LogP contribution in [-0.2, 0) is 17.8 Å². The average molecular weight is 445 g/mol. The Morgan fingerprint density at radius 3 is 2.55 bits per heavy atom. The summed E-state index contributed by atoms with van der Waals surface area (Å²) in [5.41, 5.74) is 2.67. The van der Waals surface area contributed by atoms with Crippen LogP contribution in [0, 0.1) is 0 Å². The predicted octanol–water partition coefficient (Wildman–Crippen LogP) is 5.68. The van der Waals surface area contributed by atoms with Crippen LogP contribution in [0.25, 0.3) is 10.8 Å². The first-order valence-corrected chi connectivity index (χ1v) is 12.2. The number of aryl methyl sites for hydroxylation is 1. The number of fused-ring (bicyclic) bond motifs is 1. The van der Waals surface area contributed by atoms with Crippen LogP contribution in [-0.4, -0.2) is 49.0 Å². The highest BCUT2D eigenvalue weighted by Gasteiger charge is 2.31. The minimum Gasteiger partial charge on any atom is -0.494 e. The fourth-order valence-electron chi connectivity index (χ4n) is 4.73. The van der Waals surface area contributed by atoms with Crippen LogP contribution in [0.1, 0.15) is 43.2 Å². The van der Waals surface area contributed by atoms with Crippen LogP contribution >= 0.6 is 0 Å². The van der Waals surface area contributed by atoms with E-state index in [-0.39, 0.29) is 11.9 Å². The van der Waals surface area contributed by atoms with Crippen molar-refractivity contribution < 1.29 is 9.53 Å². The third kappa shape index (κ3) is 6.35. The van der Waals surface area contributed by atoms with Crippen LogP contribution in [0.2, 0.25) is 0 Å². The van der Waals surface area contributed by atoms with Gasteiger partial charge >= 0.3 is 0 Å². The Morgan fingerprint density at radius 1 is 0.939 bits per heavy atom. The number of carbonyl (C=O) groups is 1.